The third-order valence-corrected chi connectivity index (χ3v) is 4.74. The van der Waals surface area contributed by atoms with Gasteiger partial charge >= 0.3 is 0 Å². The van der Waals surface area contributed by atoms with Crippen molar-refractivity contribution in [3.63, 3.8) is 0 Å². The van der Waals surface area contributed by atoms with Gasteiger partial charge in [0.2, 0.25) is 0 Å². The van der Waals surface area contributed by atoms with Crippen molar-refractivity contribution in [1.82, 2.24) is 15.1 Å². The molecule has 1 N–H and O–H groups in total. The van der Waals surface area contributed by atoms with Crippen LogP contribution in [-0.2, 0) is 0 Å². The summed E-state index contributed by atoms with van der Waals surface area (Å²) in [5, 5.41) is 3.60. The molecule has 0 atom stereocenters. The average Bonchev–Trinajstić information content (AvgIpc) is 3.23. The van der Waals surface area contributed by atoms with Crippen LogP contribution in [0.4, 0.5) is 0 Å². The molecule has 3 nitrogen and oxygen atoms in total. The van der Waals surface area contributed by atoms with Gasteiger partial charge in [-0.2, -0.15) is 0 Å². The van der Waals surface area contributed by atoms with Crippen molar-refractivity contribution in [2.24, 2.45) is 5.92 Å². The molecule has 2 rings (SSSR count). The molecule has 1 heterocycles. The van der Waals surface area contributed by atoms with Gasteiger partial charge in [-0.25, -0.2) is 0 Å². The summed E-state index contributed by atoms with van der Waals surface area (Å²) in [5.74, 6) is 0.940. The lowest BCUT2D eigenvalue weighted by molar-refractivity contribution is 0.160. The van der Waals surface area contributed by atoms with E-state index in [9.17, 15) is 0 Å². The zero-order valence-corrected chi connectivity index (χ0v) is 13.7. The Morgan fingerprint density at radius 3 is 2.30 bits per heavy atom. The molecule has 0 aromatic rings. The van der Waals surface area contributed by atoms with Gasteiger partial charge in [0.1, 0.15) is 0 Å². The van der Waals surface area contributed by atoms with Crippen LogP contribution >= 0.6 is 0 Å². The van der Waals surface area contributed by atoms with Crippen LogP contribution in [-0.4, -0.2) is 62.7 Å². The van der Waals surface area contributed by atoms with Gasteiger partial charge in [0.25, 0.3) is 0 Å². The molecule has 0 spiro atoms. The Kier molecular flexibility index (Phi) is 7.32. The number of unbranched alkanes of at least 4 members (excludes halogenated alkanes) is 3. The molecule has 0 aromatic carbocycles. The molecule has 1 aliphatic carbocycles. The van der Waals surface area contributed by atoms with Crippen LogP contribution in [0.25, 0.3) is 0 Å². The van der Waals surface area contributed by atoms with Gasteiger partial charge in [-0.1, -0.05) is 12.8 Å². The number of rotatable bonds is 10. The quantitative estimate of drug-likeness (QED) is 0.621. The second-order valence-electron chi connectivity index (χ2n) is 7.19. The summed E-state index contributed by atoms with van der Waals surface area (Å²) in [6.07, 6.45) is 11.3. The van der Waals surface area contributed by atoms with Crippen molar-refractivity contribution in [2.45, 2.75) is 57.4 Å². The van der Waals surface area contributed by atoms with Gasteiger partial charge in [-0.15, -0.1) is 0 Å². The van der Waals surface area contributed by atoms with Crippen LogP contribution in [0.1, 0.15) is 51.4 Å². The highest BCUT2D eigenvalue weighted by Gasteiger charge is 2.20. The Balaban J connectivity index is 1.38. The molecule has 20 heavy (non-hydrogen) atoms. The third-order valence-electron chi connectivity index (χ3n) is 4.74. The molecule has 2 fully saturated rings. The van der Waals surface area contributed by atoms with Gasteiger partial charge in [0.05, 0.1) is 0 Å². The largest absolute Gasteiger partial charge is 0.314 e. The van der Waals surface area contributed by atoms with Gasteiger partial charge < -0.3 is 15.1 Å². The SMILES string of the molecule is CN(C)CC1CCN(CCCCCCNC2CC2)CC1. The standard InChI is InChI=1S/C17H35N3/c1-19(2)15-16-9-13-20(14-10-16)12-6-4-3-5-11-18-17-7-8-17/h16-18H,3-15H2,1-2H3. The maximum Gasteiger partial charge on any atom is 0.00682 e. The normalized spacial score (nSPS) is 21.8. The second kappa shape index (κ2) is 9.01. The van der Waals surface area contributed by atoms with Crippen molar-refractivity contribution in [3.05, 3.63) is 0 Å². The molecule has 0 radical (unpaired) electrons. The highest BCUT2D eigenvalue weighted by Crippen LogP contribution is 2.19. The zero-order valence-electron chi connectivity index (χ0n) is 13.7. The van der Waals surface area contributed by atoms with E-state index in [0.717, 1.165) is 12.0 Å². The Morgan fingerprint density at radius 1 is 0.950 bits per heavy atom. The number of hydrogen-bond donors (Lipinski definition) is 1. The van der Waals surface area contributed by atoms with Gasteiger partial charge in [0, 0.05) is 12.6 Å². The minimum absolute atomic E-state index is 0.887. The van der Waals surface area contributed by atoms with Gasteiger partial charge in [-0.05, 0) is 84.7 Å². The molecule has 0 bridgehead atoms. The van der Waals surface area contributed by atoms with E-state index in [-0.39, 0.29) is 0 Å². The smallest absolute Gasteiger partial charge is 0.00682 e. The summed E-state index contributed by atoms with van der Waals surface area (Å²) in [7, 11) is 4.40. The molecule has 0 amide bonds. The Hall–Kier alpha value is -0.120. The number of hydrogen-bond acceptors (Lipinski definition) is 3. The van der Waals surface area contributed by atoms with Crippen molar-refractivity contribution in [3.8, 4) is 0 Å². The van der Waals surface area contributed by atoms with Crippen molar-refractivity contribution in [2.75, 3.05) is 46.8 Å². The van der Waals surface area contributed by atoms with Crippen LogP contribution in [0.15, 0.2) is 0 Å². The molecule has 1 aliphatic heterocycles. The number of nitrogens with one attached hydrogen (secondary N) is 1. The third kappa shape index (κ3) is 7.05. The summed E-state index contributed by atoms with van der Waals surface area (Å²) >= 11 is 0. The van der Waals surface area contributed by atoms with Crippen LogP contribution in [0.3, 0.4) is 0 Å². The topological polar surface area (TPSA) is 18.5 Å². The fraction of sp³-hybridized carbons (Fsp3) is 1.00. The minimum atomic E-state index is 0.887. The molecular formula is C17H35N3. The van der Waals surface area contributed by atoms with E-state index in [0.29, 0.717) is 0 Å². The lowest BCUT2D eigenvalue weighted by Gasteiger charge is -2.33. The molecule has 118 valence electrons. The summed E-state index contributed by atoms with van der Waals surface area (Å²) in [6.45, 7) is 6.54. The molecule has 0 unspecified atom stereocenters. The minimum Gasteiger partial charge on any atom is -0.314 e. The fourth-order valence-corrected chi connectivity index (χ4v) is 3.32. The van der Waals surface area contributed by atoms with E-state index in [1.54, 1.807) is 0 Å². The highest BCUT2D eigenvalue weighted by atomic mass is 15.1. The fourth-order valence-electron chi connectivity index (χ4n) is 3.32. The van der Waals surface area contributed by atoms with Gasteiger partial charge in [-0.3, -0.25) is 0 Å². The van der Waals surface area contributed by atoms with Crippen molar-refractivity contribution < 1.29 is 0 Å². The van der Waals surface area contributed by atoms with Crippen molar-refractivity contribution >= 4 is 0 Å². The van der Waals surface area contributed by atoms with E-state index in [4.69, 9.17) is 0 Å². The summed E-state index contributed by atoms with van der Waals surface area (Å²) in [5.41, 5.74) is 0. The molecule has 1 saturated carbocycles. The molecule has 3 heteroatoms. The first-order valence-electron chi connectivity index (χ1n) is 8.84. The summed E-state index contributed by atoms with van der Waals surface area (Å²) < 4.78 is 0. The average molecular weight is 281 g/mol. The van der Waals surface area contributed by atoms with E-state index in [1.165, 1.54) is 84.1 Å². The first-order chi connectivity index (χ1) is 9.74. The lowest BCUT2D eigenvalue weighted by Crippen LogP contribution is -2.37. The Bertz CT molecular complexity index is 243. The Labute approximate surface area is 126 Å². The molecule has 1 saturated heterocycles. The monoisotopic (exact) mass is 281 g/mol. The van der Waals surface area contributed by atoms with E-state index in [1.807, 2.05) is 0 Å². The summed E-state index contributed by atoms with van der Waals surface area (Å²) in [4.78, 5) is 5.03. The zero-order chi connectivity index (χ0) is 14.2. The highest BCUT2D eigenvalue weighted by molar-refractivity contribution is 4.80. The van der Waals surface area contributed by atoms with Crippen LogP contribution < -0.4 is 5.32 Å². The van der Waals surface area contributed by atoms with Crippen LogP contribution in [0, 0.1) is 5.92 Å². The molecule has 2 aliphatic rings. The van der Waals surface area contributed by atoms with E-state index < -0.39 is 0 Å². The van der Waals surface area contributed by atoms with E-state index >= 15 is 0 Å². The van der Waals surface area contributed by atoms with Crippen molar-refractivity contribution in [1.29, 1.82) is 0 Å². The number of likely N-dealkylation sites (tertiary alicyclic amines) is 1. The number of piperidine rings is 1. The predicted octanol–water partition coefficient (Wildman–Crippen LogP) is 2.57. The van der Waals surface area contributed by atoms with Crippen LogP contribution in [0.5, 0.6) is 0 Å². The maximum atomic E-state index is 3.60. The first kappa shape index (κ1) is 16.3. The Morgan fingerprint density at radius 2 is 1.65 bits per heavy atom. The lowest BCUT2D eigenvalue weighted by atomic mass is 9.96. The first-order valence-corrected chi connectivity index (χ1v) is 8.84. The van der Waals surface area contributed by atoms with Gasteiger partial charge in [0.15, 0.2) is 0 Å². The second-order valence-corrected chi connectivity index (χ2v) is 7.19. The number of nitrogens with zero attached hydrogens (tertiary/aromatic N) is 2. The molecule has 0 aromatic heterocycles. The molecular weight excluding hydrogens is 246 g/mol. The summed E-state index contributed by atoms with van der Waals surface area (Å²) in [6, 6.07) is 0.887. The maximum absolute atomic E-state index is 3.60. The predicted molar refractivity (Wildman–Crippen MR) is 87.2 cm³/mol. The van der Waals surface area contributed by atoms with E-state index in [2.05, 4.69) is 29.2 Å². The van der Waals surface area contributed by atoms with Crippen LogP contribution in [0.2, 0.25) is 0 Å².